The number of para-hydroxylation sites is 1. The zero-order valence-electron chi connectivity index (χ0n) is 19.3. The van der Waals surface area contributed by atoms with Crippen molar-refractivity contribution >= 4 is 51.9 Å². The highest BCUT2D eigenvalue weighted by atomic mass is 127. The predicted octanol–water partition coefficient (Wildman–Crippen LogP) is 5.56. The zero-order chi connectivity index (χ0) is 25.2. The zero-order valence-corrected chi connectivity index (χ0v) is 21.5. The fraction of sp³-hybridized carbons (Fsp3) is 0.148. The van der Waals surface area contributed by atoms with E-state index in [1.54, 1.807) is 36.4 Å². The monoisotopic (exact) mass is 581 g/mol. The van der Waals surface area contributed by atoms with E-state index in [9.17, 15) is 14.9 Å². The van der Waals surface area contributed by atoms with E-state index in [0.717, 1.165) is 5.56 Å². The van der Waals surface area contributed by atoms with Crippen LogP contribution in [0.5, 0.6) is 11.5 Å². The lowest BCUT2D eigenvalue weighted by molar-refractivity contribution is -0.118. The third kappa shape index (κ3) is 7.58. The van der Waals surface area contributed by atoms with Gasteiger partial charge in [-0.15, -0.1) is 0 Å². The van der Waals surface area contributed by atoms with Gasteiger partial charge in [0.25, 0.3) is 11.8 Å². The van der Waals surface area contributed by atoms with E-state index < -0.39 is 5.91 Å². The molecule has 0 aliphatic carbocycles. The number of carbonyl (C=O) groups excluding carboxylic acids is 2. The number of nitriles is 1. The van der Waals surface area contributed by atoms with Gasteiger partial charge in [0, 0.05) is 11.4 Å². The molecule has 0 aliphatic heterocycles. The van der Waals surface area contributed by atoms with Crippen molar-refractivity contribution in [3.8, 4) is 17.6 Å². The molecule has 0 radical (unpaired) electrons. The Morgan fingerprint density at radius 2 is 1.69 bits per heavy atom. The van der Waals surface area contributed by atoms with Crippen LogP contribution in [0.3, 0.4) is 0 Å². The van der Waals surface area contributed by atoms with E-state index in [4.69, 9.17) is 9.47 Å². The van der Waals surface area contributed by atoms with Crippen LogP contribution in [-0.2, 0) is 9.59 Å². The summed E-state index contributed by atoms with van der Waals surface area (Å²) in [6.07, 6.45) is 1.48. The Morgan fingerprint density at radius 1 is 1.00 bits per heavy atom. The summed E-state index contributed by atoms with van der Waals surface area (Å²) in [5, 5.41) is 15.0. The average Bonchev–Trinajstić information content (AvgIpc) is 2.84. The number of aryl methyl sites for hydroxylation is 1. The first-order valence-electron chi connectivity index (χ1n) is 10.8. The maximum Gasteiger partial charge on any atom is 0.266 e. The van der Waals surface area contributed by atoms with Gasteiger partial charge in [-0.3, -0.25) is 9.59 Å². The van der Waals surface area contributed by atoms with Crippen LogP contribution in [-0.4, -0.2) is 25.0 Å². The number of rotatable bonds is 9. The number of ether oxygens (including phenoxy) is 2. The molecule has 0 spiro atoms. The number of benzene rings is 3. The summed E-state index contributed by atoms with van der Waals surface area (Å²) in [6, 6.07) is 21.7. The molecular weight excluding hydrogens is 557 g/mol. The highest BCUT2D eigenvalue weighted by molar-refractivity contribution is 14.1. The van der Waals surface area contributed by atoms with E-state index >= 15 is 0 Å². The molecule has 3 aromatic rings. The fourth-order valence-electron chi connectivity index (χ4n) is 3.08. The van der Waals surface area contributed by atoms with E-state index in [2.05, 4.69) is 33.2 Å². The molecule has 0 fully saturated rings. The smallest absolute Gasteiger partial charge is 0.266 e. The molecule has 2 amide bonds. The molecule has 2 N–H and O–H groups in total. The molecule has 178 valence electrons. The van der Waals surface area contributed by atoms with Gasteiger partial charge in [-0.2, -0.15) is 5.26 Å². The van der Waals surface area contributed by atoms with Crippen molar-refractivity contribution in [2.75, 3.05) is 23.8 Å². The van der Waals surface area contributed by atoms with E-state index in [1.165, 1.54) is 6.08 Å². The van der Waals surface area contributed by atoms with Crippen LogP contribution in [0.1, 0.15) is 18.1 Å². The first-order valence-corrected chi connectivity index (χ1v) is 11.9. The van der Waals surface area contributed by atoms with Crippen LogP contribution in [0.25, 0.3) is 6.08 Å². The Hall–Kier alpha value is -3.84. The molecule has 7 nitrogen and oxygen atoms in total. The van der Waals surface area contributed by atoms with Gasteiger partial charge >= 0.3 is 0 Å². The lowest BCUT2D eigenvalue weighted by Gasteiger charge is -2.15. The van der Waals surface area contributed by atoms with Crippen molar-refractivity contribution in [3.63, 3.8) is 0 Å². The lowest BCUT2D eigenvalue weighted by atomic mass is 10.1. The number of hydrogen-bond donors (Lipinski definition) is 2. The Balaban J connectivity index is 1.76. The Bertz CT molecular complexity index is 1270. The van der Waals surface area contributed by atoms with Gasteiger partial charge in [-0.1, -0.05) is 35.9 Å². The summed E-state index contributed by atoms with van der Waals surface area (Å²) < 4.78 is 12.2. The molecule has 0 heterocycles. The van der Waals surface area contributed by atoms with E-state index in [-0.39, 0.29) is 18.1 Å². The standard InChI is InChI=1S/C27H24IN3O4/c1-3-34-24-15-19(13-20(16-29)27(33)31-21-7-5-4-6-8-21)14-23(28)26(24)35-17-25(32)30-22-11-9-18(2)10-12-22/h4-15H,3,17H2,1-2H3,(H,30,32)(H,31,33)/b20-13+. The maximum absolute atomic E-state index is 12.6. The van der Waals surface area contributed by atoms with Crippen LogP contribution >= 0.6 is 22.6 Å². The minimum atomic E-state index is -0.514. The summed E-state index contributed by atoms with van der Waals surface area (Å²) >= 11 is 2.07. The van der Waals surface area contributed by atoms with Crippen molar-refractivity contribution in [2.24, 2.45) is 0 Å². The maximum atomic E-state index is 12.6. The fourth-order valence-corrected chi connectivity index (χ4v) is 3.86. The molecular formula is C27H24IN3O4. The van der Waals surface area contributed by atoms with Gasteiger partial charge in [0.15, 0.2) is 18.1 Å². The molecule has 0 aromatic heterocycles. The summed E-state index contributed by atoms with van der Waals surface area (Å²) in [5.41, 5.74) is 2.91. The molecule has 0 unspecified atom stereocenters. The minimum absolute atomic E-state index is 0.0572. The van der Waals surface area contributed by atoms with Crippen LogP contribution in [0, 0.1) is 21.8 Å². The number of carbonyl (C=O) groups is 2. The Labute approximate surface area is 217 Å². The largest absolute Gasteiger partial charge is 0.490 e. The van der Waals surface area contributed by atoms with Crippen LogP contribution in [0.2, 0.25) is 0 Å². The highest BCUT2D eigenvalue weighted by Gasteiger charge is 2.16. The lowest BCUT2D eigenvalue weighted by Crippen LogP contribution is -2.20. The van der Waals surface area contributed by atoms with Crippen molar-refractivity contribution in [2.45, 2.75) is 13.8 Å². The number of hydrogen-bond acceptors (Lipinski definition) is 5. The summed E-state index contributed by atoms with van der Waals surface area (Å²) in [4.78, 5) is 24.9. The first kappa shape index (κ1) is 25.8. The molecule has 0 atom stereocenters. The number of nitrogens with one attached hydrogen (secondary N) is 2. The number of amides is 2. The molecule has 35 heavy (non-hydrogen) atoms. The Kier molecular flexibility index (Phi) is 9.26. The molecule has 8 heteroatoms. The third-order valence-corrected chi connectivity index (χ3v) is 5.52. The average molecular weight is 581 g/mol. The molecule has 0 saturated carbocycles. The molecule has 0 bridgehead atoms. The van der Waals surface area contributed by atoms with Gasteiger partial charge in [0.05, 0.1) is 10.2 Å². The minimum Gasteiger partial charge on any atom is -0.490 e. The quantitative estimate of drug-likeness (QED) is 0.196. The van der Waals surface area contributed by atoms with Gasteiger partial charge in [0.1, 0.15) is 11.6 Å². The molecule has 3 aromatic carbocycles. The normalized spacial score (nSPS) is 10.7. The first-order chi connectivity index (χ1) is 16.9. The second-order valence-electron chi connectivity index (χ2n) is 7.46. The highest BCUT2D eigenvalue weighted by Crippen LogP contribution is 2.35. The van der Waals surface area contributed by atoms with Crippen molar-refractivity contribution in [1.82, 2.24) is 0 Å². The number of halogens is 1. The third-order valence-electron chi connectivity index (χ3n) is 4.72. The van der Waals surface area contributed by atoms with E-state index in [1.807, 2.05) is 50.2 Å². The van der Waals surface area contributed by atoms with Crippen molar-refractivity contribution in [1.29, 1.82) is 5.26 Å². The number of anilines is 2. The summed E-state index contributed by atoms with van der Waals surface area (Å²) in [6.45, 7) is 3.97. The molecule has 0 saturated heterocycles. The van der Waals surface area contributed by atoms with Gasteiger partial charge in [-0.25, -0.2) is 0 Å². The number of nitrogens with zero attached hydrogens (tertiary/aromatic N) is 1. The second-order valence-corrected chi connectivity index (χ2v) is 8.62. The second kappa shape index (κ2) is 12.6. The van der Waals surface area contributed by atoms with Crippen LogP contribution < -0.4 is 20.1 Å². The summed E-state index contributed by atoms with van der Waals surface area (Å²) in [5.74, 6) is 0.00522. The van der Waals surface area contributed by atoms with Crippen LogP contribution in [0.15, 0.2) is 72.3 Å². The summed E-state index contributed by atoms with van der Waals surface area (Å²) in [7, 11) is 0. The predicted molar refractivity (Wildman–Crippen MR) is 144 cm³/mol. The molecule has 3 rings (SSSR count). The van der Waals surface area contributed by atoms with Gasteiger partial charge < -0.3 is 20.1 Å². The van der Waals surface area contributed by atoms with Crippen LogP contribution in [0.4, 0.5) is 11.4 Å². The van der Waals surface area contributed by atoms with E-state index in [0.29, 0.717) is 38.6 Å². The van der Waals surface area contributed by atoms with Crippen molar-refractivity contribution < 1.29 is 19.1 Å². The molecule has 0 aliphatic rings. The van der Waals surface area contributed by atoms with Gasteiger partial charge in [0.2, 0.25) is 0 Å². The Morgan fingerprint density at radius 3 is 2.34 bits per heavy atom. The SMILES string of the molecule is CCOc1cc(/C=C(\C#N)C(=O)Nc2ccccc2)cc(I)c1OCC(=O)Nc1ccc(C)cc1. The van der Waals surface area contributed by atoms with Crippen molar-refractivity contribution in [3.05, 3.63) is 87.0 Å². The topological polar surface area (TPSA) is 100 Å². The van der Waals surface area contributed by atoms with Gasteiger partial charge in [-0.05, 0) is 84.5 Å².